The Morgan fingerprint density at radius 2 is 2.35 bits per heavy atom. The van der Waals surface area contributed by atoms with Crippen LogP contribution in [0.4, 0.5) is 0 Å². The molecule has 1 aliphatic heterocycles. The molecule has 1 aliphatic rings. The highest BCUT2D eigenvalue weighted by atomic mass is 35.5. The highest BCUT2D eigenvalue weighted by Gasteiger charge is 2.22. The molecule has 1 unspecified atom stereocenters. The van der Waals surface area contributed by atoms with Crippen molar-refractivity contribution in [1.29, 1.82) is 0 Å². The summed E-state index contributed by atoms with van der Waals surface area (Å²) in [5.74, 6) is 1.40. The van der Waals surface area contributed by atoms with Crippen LogP contribution in [0.25, 0.3) is 0 Å². The van der Waals surface area contributed by atoms with Gasteiger partial charge in [-0.05, 0) is 38.3 Å². The van der Waals surface area contributed by atoms with Crippen molar-refractivity contribution in [3.05, 3.63) is 22.7 Å². The van der Waals surface area contributed by atoms with Crippen LogP contribution in [0.15, 0.2) is 6.07 Å². The summed E-state index contributed by atoms with van der Waals surface area (Å²) in [6.45, 7) is 5.04. The molecule has 0 saturated carbocycles. The van der Waals surface area contributed by atoms with E-state index in [1.807, 2.05) is 6.92 Å². The summed E-state index contributed by atoms with van der Waals surface area (Å²) in [5, 5.41) is 9.43. The Kier molecular flexibility index (Phi) is 4.31. The molecule has 17 heavy (non-hydrogen) atoms. The van der Waals surface area contributed by atoms with Gasteiger partial charge in [0, 0.05) is 18.8 Å². The van der Waals surface area contributed by atoms with Crippen LogP contribution in [0.2, 0.25) is 5.15 Å². The quantitative estimate of drug-likeness (QED) is 0.831. The molecule has 2 rings (SSSR count). The van der Waals surface area contributed by atoms with Gasteiger partial charge in [-0.15, -0.1) is 0 Å². The van der Waals surface area contributed by atoms with E-state index in [1.165, 1.54) is 0 Å². The SMILES string of the molecule is Cc1cc(Cl)nc(CN2CCC(CCO)C2)n1. The van der Waals surface area contributed by atoms with Gasteiger partial charge < -0.3 is 5.11 Å². The second-order valence-corrected chi connectivity index (χ2v) is 5.04. The monoisotopic (exact) mass is 255 g/mol. The fourth-order valence-corrected chi connectivity index (χ4v) is 2.59. The zero-order valence-electron chi connectivity index (χ0n) is 10.1. The molecule has 1 aromatic heterocycles. The molecule has 1 N–H and O–H groups in total. The normalized spacial score (nSPS) is 21.0. The molecule has 0 radical (unpaired) electrons. The summed E-state index contributed by atoms with van der Waals surface area (Å²) in [5.41, 5.74) is 0.908. The van der Waals surface area contributed by atoms with Gasteiger partial charge in [-0.2, -0.15) is 0 Å². The van der Waals surface area contributed by atoms with Gasteiger partial charge in [0.25, 0.3) is 0 Å². The Bertz CT molecular complexity index is 366. The van der Waals surface area contributed by atoms with Crippen molar-refractivity contribution in [2.75, 3.05) is 19.7 Å². The smallest absolute Gasteiger partial charge is 0.144 e. The van der Waals surface area contributed by atoms with Crippen molar-refractivity contribution in [2.45, 2.75) is 26.3 Å². The number of aliphatic hydroxyl groups is 1. The average Bonchev–Trinajstić information content (AvgIpc) is 2.64. The van der Waals surface area contributed by atoms with Crippen LogP contribution in [0.3, 0.4) is 0 Å². The van der Waals surface area contributed by atoms with Gasteiger partial charge in [-0.25, -0.2) is 9.97 Å². The third-order valence-corrected chi connectivity index (χ3v) is 3.34. The zero-order valence-corrected chi connectivity index (χ0v) is 10.8. The Morgan fingerprint density at radius 3 is 3.06 bits per heavy atom. The Balaban J connectivity index is 1.93. The van der Waals surface area contributed by atoms with Gasteiger partial charge in [0.2, 0.25) is 0 Å². The summed E-state index contributed by atoms with van der Waals surface area (Å²) < 4.78 is 0. The predicted octanol–water partition coefficient (Wildman–Crippen LogP) is 1.64. The van der Waals surface area contributed by atoms with E-state index in [0.29, 0.717) is 11.1 Å². The second kappa shape index (κ2) is 5.76. The molecule has 0 spiro atoms. The molecular formula is C12H18ClN3O. The third kappa shape index (κ3) is 3.63. The van der Waals surface area contributed by atoms with E-state index in [2.05, 4.69) is 14.9 Å². The van der Waals surface area contributed by atoms with Gasteiger partial charge in [0.15, 0.2) is 0 Å². The van der Waals surface area contributed by atoms with E-state index < -0.39 is 0 Å². The maximum atomic E-state index is 8.91. The molecule has 1 saturated heterocycles. The summed E-state index contributed by atoms with van der Waals surface area (Å²) in [6, 6.07) is 1.77. The first-order valence-electron chi connectivity index (χ1n) is 6.00. The topological polar surface area (TPSA) is 49.2 Å². The lowest BCUT2D eigenvalue weighted by Crippen LogP contribution is -2.22. The van der Waals surface area contributed by atoms with Crippen LogP contribution in [0, 0.1) is 12.8 Å². The van der Waals surface area contributed by atoms with Crippen LogP contribution in [0.1, 0.15) is 24.4 Å². The number of aryl methyl sites for hydroxylation is 1. The molecule has 4 nitrogen and oxygen atoms in total. The first kappa shape index (κ1) is 12.7. The Labute approximate surface area is 107 Å². The fraction of sp³-hybridized carbons (Fsp3) is 0.667. The number of likely N-dealkylation sites (tertiary alicyclic amines) is 1. The van der Waals surface area contributed by atoms with Crippen molar-refractivity contribution in [3.8, 4) is 0 Å². The van der Waals surface area contributed by atoms with Crippen LogP contribution >= 0.6 is 11.6 Å². The summed E-state index contributed by atoms with van der Waals surface area (Å²) in [4.78, 5) is 10.9. The lowest BCUT2D eigenvalue weighted by molar-refractivity contribution is 0.248. The Hall–Kier alpha value is -0.710. The number of hydrogen-bond acceptors (Lipinski definition) is 4. The third-order valence-electron chi connectivity index (χ3n) is 3.14. The van der Waals surface area contributed by atoms with Gasteiger partial charge in [-0.1, -0.05) is 11.6 Å². The molecule has 1 atom stereocenters. The number of rotatable bonds is 4. The molecule has 1 fully saturated rings. The first-order chi connectivity index (χ1) is 8.17. The van der Waals surface area contributed by atoms with Gasteiger partial charge in [-0.3, -0.25) is 4.90 Å². The molecule has 0 bridgehead atoms. The van der Waals surface area contributed by atoms with Gasteiger partial charge >= 0.3 is 0 Å². The number of aliphatic hydroxyl groups excluding tert-OH is 1. The summed E-state index contributed by atoms with van der Waals surface area (Å²) >= 11 is 5.91. The molecule has 5 heteroatoms. The lowest BCUT2D eigenvalue weighted by atomic mass is 10.1. The zero-order chi connectivity index (χ0) is 12.3. The predicted molar refractivity (Wildman–Crippen MR) is 66.9 cm³/mol. The number of aromatic nitrogens is 2. The molecule has 0 amide bonds. The van der Waals surface area contributed by atoms with E-state index >= 15 is 0 Å². The van der Waals surface area contributed by atoms with Crippen molar-refractivity contribution in [3.63, 3.8) is 0 Å². The van der Waals surface area contributed by atoms with E-state index in [0.717, 1.165) is 44.0 Å². The molecule has 2 heterocycles. The minimum atomic E-state index is 0.283. The highest BCUT2D eigenvalue weighted by Crippen LogP contribution is 2.20. The molecule has 0 aliphatic carbocycles. The number of nitrogens with zero attached hydrogens (tertiary/aromatic N) is 3. The van der Waals surface area contributed by atoms with E-state index in [1.54, 1.807) is 6.07 Å². The van der Waals surface area contributed by atoms with Crippen LogP contribution < -0.4 is 0 Å². The Morgan fingerprint density at radius 1 is 1.53 bits per heavy atom. The maximum absolute atomic E-state index is 8.91. The maximum Gasteiger partial charge on any atom is 0.144 e. The highest BCUT2D eigenvalue weighted by molar-refractivity contribution is 6.29. The molecule has 0 aromatic carbocycles. The number of halogens is 1. The van der Waals surface area contributed by atoms with Crippen molar-refractivity contribution < 1.29 is 5.11 Å². The van der Waals surface area contributed by atoms with Crippen molar-refractivity contribution in [1.82, 2.24) is 14.9 Å². The summed E-state index contributed by atoms with van der Waals surface area (Å²) in [6.07, 6.45) is 2.05. The lowest BCUT2D eigenvalue weighted by Gasteiger charge is -2.15. The van der Waals surface area contributed by atoms with Crippen molar-refractivity contribution in [2.24, 2.45) is 5.92 Å². The van der Waals surface area contributed by atoms with Crippen LogP contribution in [-0.4, -0.2) is 39.7 Å². The van der Waals surface area contributed by atoms with Crippen LogP contribution in [0.5, 0.6) is 0 Å². The largest absolute Gasteiger partial charge is 0.396 e. The minimum absolute atomic E-state index is 0.283. The van der Waals surface area contributed by atoms with Gasteiger partial charge in [0.1, 0.15) is 11.0 Å². The van der Waals surface area contributed by atoms with E-state index in [4.69, 9.17) is 16.7 Å². The van der Waals surface area contributed by atoms with Gasteiger partial charge in [0.05, 0.1) is 6.54 Å². The van der Waals surface area contributed by atoms with Crippen molar-refractivity contribution >= 4 is 11.6 Å². The molecular weight excluding hydrogens is 238 g/mol. The van der Waals surface area contributed by atoms with E-state index in [-0.39, 0.29) is 6.61 Å². The molecule has 1 aromatic rings. The summed E-state index contributed by atoms with van der Waals surface area (Å²) in [7, 11) is 0. The van der Waals surface area contributed by atoms with Crippen LogP contribution in [-0.2, 0) is 6.54 Å². The average molecular weight is 256 g/mol. The molecule has 94 valence electrons. The standard InChI is InChI=1S/C12H18ClN3O/c1-9-6-11(13)15-12(14-9)8-16-4-2-10(7-16)3-5-17/h6,10,17H,2-5,7-8H2,1H3. The fourth-order valence-electron chi connectivity index (χ4n) is 2.33. The van der Waals surface area contributed by atoms with E-state index in [9.17, 15) is 0 Å². The number of hydrogen-bond donors (Lipinski definition) is 1. The first-order valence-corrected chi connectivity index (χ1v) is 6.38. The second-order valence-electron chi connectivity index (χ2n) is 4.65. The minimum Gasteiger partial charge on any atom is -0.396 e.